The second-order valence-corrected chi connectivity index (χ2v) is 2.42. The molecule has 0 bridgehead atoms. The highest BCUT2D eigenvalue weighted by atomic mass is 35.5. The standard InChI is InChI=1S/C5H7BClNO2/c7-5-2-1-4(3-8-5)6(9)10/h1-3,5,8-10H. The van der Waals surface area contributed by atoms with Crippen LogP contribution in [0, 0.1) is 0 Å². The van der Waals surface area contributed by atoms with Crippen molar-refractivity contribution in [1.29, 1.82) is 0 Å². The second-order valence-electron chi connectivity index (χ2n) is 1.95. The zero-order valence-corrected chi connectivity index (χ0v) is 5.92. The van der Waals surface area contributed by atoms with E-state index in [9.17, 15) is 0 Å². The molecule has 1 unspecified atom stereocenters. The zero-order valence-electron chi connectivity index (χ0n) is 5.16. The van der Waals surface area contributed by atoms with Crippen LogP contribution in [0.2, 0.25) is 0 Å². The van der Waals surface area contributed by atoms with Crippen LogP contribution in [0.5, 0.6) is 0 Å². The lowest BCUT2D eigenvalue weighted by molar-refractivity contribution is 0.420. The molecule has 1 aliphatic rings. The van der Waals surface area contributed by atoms with Crippen LogP contribution in [0.15, 0.2) is 23.8 Å². The molecule has 5 heteroatoms. The van der Waals surface area contributed by atoms with Gasteiger partial charge < -0.3 is 15.4 Å². The van der Waals surface area contributed by atoms with Crippen molar-refractivity contribution in [3.63, 3.8) is 0 Å². The van der Waals surface area contributed by atoms with Gasteiger partial charge in [0.1, 0.15) is 5.50 Å². The van der Waals surface area contributed by atoms with E-state index < -0.39 is 7.12 Å². The molecule has 0 aromatic heterocycles. The molecule has 0 radical (unpaired) electrons. The third kappa shape index (κ3) is 1.77. The fourth-order valence-electron chi connectivity index (χ4n) is 0.636. The second kappa shape index (κ2) is 3.10. The van der Waals surface area contributed by atoms with Crippen molar-refractivity contribution in [3.8, 4) is 0 Å². The Labute approximate surface area is 64.1 Å². The van der Waals surface area contributed by atoms with Crippen LogP contribution in [0.1, 0.15) is 0 Å². The van der Waals surface area contributed by atoms with E-state index in [0.717, 1.165) is 0 Å². The number of hydrogen-bond donors (Lipinski definition) is 3. The van der Waals surface area contributed by atoms with Gasteiger partial charge in [-0.2, -0.15) is 0 Å². The smallest absolute Gasteiger partial charge is 0.423 e. The largest absolute Gasteiger partial charge is 0.489 e. The third-order valence-electron chi connectivity index (χ3n) is 1.17. The number of alkyl halides is 1. The Morgan fingerprint density at radius 3 is 2.70 bits per heavy atom. The first-order chi connectivity index (χ1) is 4.70. The molecule has 1 rings (SSSR count). The summed E-state index contributed by atoms with van der Waals surface area (Å²) in [7, 11) is -1.42. The highest BCUT2D eigenvalue weighted by Gasteiger charge is 2.14. The summed E-state index contributed by atoms with van der Waals surface area (Å²) in [6.07, 6.45) is 4.68. The van der Waals surface area contributed by atoms with E-state index in [-0.39, 0.29) is 5.50 Å². The number of halogens is 1. The Balaban J connectivity index is 2.59. The molecule has 0 spiro atoms. The van der Waals surface area contributed by atoms with E-state index in [4.69, 9.17) is 21.6 Å². The van der Waals surface area contributed by atoms with Gasteiger partial charge in [0.2, 0.25) is 0 Å². The molecule has 0 saturated heterocycles. The molecule has 0 aromatic rings. The van der Waals surface area contributed by atoms with Gasteiger partial charge in [0, 0.05) is 0 Å². The van der Waals surface area contributed by atoms with Crippen LogP contribution < -0.4 is 5.32 Å². The Morgan fingerprint density at radius 1 is 1.60 bits per heavy atom. The van der Waals surface area contributed by atoms with Crippen molar-refractivity contribution < 1.29 is 10.0 Å². The lowest BCUT2D eigenvalue weighted by atomic mass is 9.79. The number of rotatable bonds is 1. The highest BCUT2D eigenvalue weighted by molar-refractivity contribution is 6.51. The summed E-state index contributed by atoms with van der Waals surface area (Å²) in [5.41, 5.74) is 0.166. The van der Waals surface area contributed by atoms with Crippen molar-refractivity contribution in [3.05, 3.63) is 23.8 Å². The van der Waals surface area contributed by atoms with E-state index in [2.05, 4.69) is 5.32 Å². The van der Waals surface area contributed by atoms with E-state index >= 15 is 0 Å². The number of nitrogens with one attached hydrogen (secondary N) is 1. The summed E-state index contributed by atoms with van der Waals surface area (Å²) in [6.45, 7) is 0. The van der Waals surface area contributed by atoms with Gasteiger partial charge in [0.05, 0.1) is 0 Å². The van der Waals surface area contributed by atoms with Crippen molar-refractivity contribution >= 4 is 18.7 Å². The first-order valence-corrected chi connectivity index (χ1v) is 3.28. The molecule has 0 saturated carbocycles. The van der Waals surface area contributed by atoms with Gasteiger partial charge in [0.15, 0.2) is 0 Å². The van der Waals surface area contributed by atoms with Crippen LogP contribution in [-0.4, -0.2) is 22.7 Å². The van der Waals surface area contributed by atoms with E-state index in [0.29, 0.717) is 5.47 Å². The van der Waals surface area contributed by atoms with Gasteiger partial charge in [-0.1, -0.05) is 17.7 Å². The first kappa shape index (κ1) is 7.66. The molecule has 1 atom stereocenters. The SMILES string of the molecule is OB(O)C1=CNC(Cl)C=C1. The Bertz CT molecular complexity index is 180. The number of hydrogen-bond acceptors (Lipinski definition) is 3. The van der Waals surface area contributed by atoms with Gasteiger partial charge in [-0.3, -0.25) is 0 Å². The molecular formula is C5H7BClNO2. The van der Waals surface area contributed by atoms with Crippen molar-refractivity contribution in [2.75, 3.05) is 0 Å². The van der Waals surface area contributed by atoms with Crippen molar-refractivity contribution in [2.24, 2.45) is 0 Å². The first-order valence-electron chi connectivity index (χ1n) is 2.84. The average molecular weight is 159 g/mol. The predicted molar refractivity (Wildman–Crippen MR) is 40.2 cm³/mol. The maximum absolute atomic E-state index is 8.62. The minimum Gasteiger partial charge on any atom is -0.423 e. The maximum Gasteiger partial charge on any atom is 0.489 e. The Hall–Kier alpha value is -0.445. The highest BCUT2D eigenvalue weighted by Crippen LogP contribution is 2.06. The van der Waals surface area contributed by atoms with Crippen LogP contribution in [0.25, 0.3) is 0 Å². The molecule has 0 aliphatic carbocycles. The van der Waals surface area contributed by atoms with Gasteiger partial charge in [-0.25, -0.2) is 0 Å². The van der Waals surface area contributed by atoms with Gasteiger partial charge in [-0.05, 0) is 17.7 Å². The zero-order chi connectivity index (χ0) is 7.56. The summed E-state index contributed by atoms with van der Waals surface area (Å²) in [5, 5.41) is 19.9. The molecule has 1 aliphatic heterocycles. The quantitative estimate of drug-likeness (QED) is 0.277. The topological polar surface area (TPSA) is 52.5 Å². The number of dihydropyridines is 1. The lowest BCUT2D eigenvalue weighted by Gasteiger charge is -2.11. The van der Waals surface area contributed by atoms with Crippen LogP contribution in [0.4, 0.5) is 0 Å². The Kier molecular flexibility index (Phi) is 2.37. The molecule has 3 nitrogen and oxygen atoms in total. The minimum absolute atomic E-state index is 0.248. The maximum atomic E-state index is 8.62. The fraction of sp³-hybridized carbons (Fsp3) is 0.200. The van der Waals surface area contributed by atoms with E-state index in [1.54, 1.807) is 12.2 Å². The fourth-order valence-corrected chi connectivity index (χ4v) is 0.771. The molecule has 54 valence electrons. The molecule has 0 aromatic carbocycles. The van der Waals surface area contributed by atoms with E-state index in [1.165, 1.54) is 6.20 Å². The summed E-state index contributed by atoms with van der Waals surface area (Å²) >= 11 is 5.58. The Morgan fingerprint density at radius 2 is 2.30 bits per heavy atom. The van der Waals surface area contributed by atoms with E-state index in [1.807, 2.05) is 0 Å². The van der Waals surface area contributed by atoms with Gasteiger partial charge in [-0.15, -0.1) is 0 Å². The molecule has 0 fully saturated rings. The number of allylic oxidation sites excluding steroid dienone is 2. The predicted octanol–water partition coefficient (Wildman–Crippen LogP) is -0.393. The average Bonchev–Trinajstić information content (AvgIpc) is 1.88. The van der Waals surface area contributed by atoms with Crippen LogP contribution in [0.3, 0.4) is 0 Å². The van der Waals surface area contributed by atoms with Gasteiger partial charge in [0.25, 0.3) is 0 Å². The molecular weight excluding hydrogens is 152 g/mol. The normalized spacial score (nSPS) is 23.5. The third-order valence-corrected chi connectivity index (χ3v) is 1.44. The summed E-state index contributed by atoms with van der Waals surface area (Å²) in [6, 6.07) is 0. The summed E-state index contributed by atoms with van der Waals surface area (Å²) < 4.78 is 0. The monoisotopic (exact) mass is 159 g/mol. The minimum atomic E-state index is -1.42. The summed E-state index contributed by atoms with van der Waals surface area (Å²) in [5.74, 6) is 0. The molecule has 10 heavy (non-hydrogen) atoms. The molecule has 3 N–H and O–H groups in total. The summed E-state index contributed by atoms with van der Waals surface area (Å²) in [4.78, 5) is 0. The van der Waals surface area contributed by atoms with Crippen molar-refractivity contribution in [2.45, 2.75) is 5.50 Å². The van der Waals surface area contributed by atoms with Gasteiger partial charge >= 0.3 is 7.12 Å². The lowest BCUT2D eigenvalue weighted by Crippen LogP contribution is -2.24. The van der Waals surface area contributed by atoms with Crippen molar-refractivity contribution in [1.82, 2.24) is 5.32 Å². The van der Waals surface area contributed by atoms with Crippen LogP contribution >= 0.6 is 11.6 Å². The molecule has 1 heterocycles. The molecule has 0 amide bonds. The van der Waals surface area contributed by atoms with Crippen LogP contribution in [-0.2, 0) is 0 Å².